The maximum absolute atomic E-state index is 10.4. The molecule has 0 heterocycles. The van der Waals surface area contributed by atoms with Crippen LogP contribution in [0.5, 0.6) is 0 Å². The largest absolute Gasteiger partial charge is 0.488 e. The molecule has 0 aliphatic carbocycles. The van der Waals surface area contributed by atoms with Gasteiger partial charge in [-0.3, -0.25) is 14.9 Å². The highest BCUT2D eigenvalue weighted by atomic mass is 16.6. The Bertz CT molecular complexity index is 378. The van der Waals surface area contributed by atoms with Gasteiger partial charge in [-0.1, -0.05) is 6.07 Å². The first-order valence-electron chi connectivity index (χ1n) is 3.66. The molecule has 0 aromatic heterocycles. The molecule has 1 rings (SSSR count). The first-order valence-corrected chi connectivity index (χ1v) is 3.66. The van der Waals surface area contributed by atoms with Gasteiger partial charge in [0.05, 0.1) is 10.5 Å². The molecule has 0 amide bonds. The molecule has 72 valence electrons. The van der Waals surface area contributed by atoms with Crippen LogP contribution in [0.15, 0.2) is 18.2 Å². The molecule has 0 aliphatic heterocycles. The van der Waals surface area contributed by atoms with Gasteiger partial charge in [0.15, 0.2) is 6.29 Å². The summed E-state index contributed by atoms with van der Waals surface area (Å²) in [6.07, 6.45) is 0.296. The zero-order chi connectivity index (χ0) is 10.7. The van der Waals surface area contributed by atoms with Gasteiger partial charge in [0.2, 0.25) is 0 Å². The molecule has 0 spiro atoms. The van der Waals surface area contributed by atoms with E-state index in [1.807, 2.05) is 0 Å². The van der Waals surface area contributed by atoms with Gasteiger partial charge in [0, 0.05) is 6.07 Å². The van der Waals surface area contributed by atoms with Gasteiger partial charge in [0.25, 0.3) is 5.69 Å². The van der Waals surface area contributed by atoms with Crippen LogP contribution in [0, 0.1) is 10.1 Å². The van der Waals surface area contributed by atoms with E-state index in [4.69, 9.17) is 10.0 Å². The van der Waals surface area contributed by atoms with Gasteiger partial charge < -0.3 is 10.0 Å². The highest BCUT2D eigenvalue weighted by molar-refractivity contribution is 6.58. The molecule has 0 atom stereocenters. The molecule has 1 aromatic carbocycles. The summed E-state index contributed by atoms with van der Waals surface area (Å²) in [5.74, 6) is 0. The molecule has 0 fully saturated rings. The number of rotatable bonds is 3. The van der Waals surface area contributed by atoms with Crippen LogP contribution >= 0.6 is 0 Å². The van der Waals surface area contributed by atoms with Crippen LogP contribution in [0.2, 0.25) is 0 Å². The minimum atomic E-state index is -1.74. The average molecular weight is 195 g/mol. The molecule has 0 bridgehead atoms. The van der Waals surface area contributed by atoms with E-state index >= 15 is 0 Å². The smallest absolute Gasteiger partial charge is 0.423 e. The lowest BCUT2D eigenvalue weighted by molar-refractivity contribution is -0.385. The fourth-order valence-electron chi connectivity index (χ4n) is 0.994. The van der Waals surface area contributed by atoms with Crippen molar-refractivity contribution in [1.82, 2.24) is 0 Å². The molecular formula is C7H6BNO5. The number of carbonyl (C=O) groups is 1. The van der Waals surface area contributed by atoms with Crippen molar-refractivity contribution in [2.75, 3.05) is 0 Å². The molecule has 6 nitrogen and oxygen atoms in total. The topological polar surface area (TPSA) is 101 Å². The Balaban J connectivity index is 3.25. The Morgan fingerprint density at radius 3 is 2.50 bits per heavy atom. The highest BCUT2D eigenvalue weighted by Crippen LogP contribution is 2.14. The summed E-state index contributed by atoms with van der Waals surface area (Å²) < 4.78 is 0. The van der Waals surface area contributed by atoms with Crippen LogP contribution in [0.25, 0.3) is 0 Å². The number of benzene rings is 1. The van der Waals surface area contributed by atoms with Crippen LogP contribution in [0.4, 0.5) is 5.69 Å². The summed E-state index contributed by atoms with van der Waals surface area (Å²) in [6.45, 7) is 0. The predicted octanol–water partition coefficient (Wildman–Crippen LogP) is -0.913. The standard InChI is InChI=1S/C7H6BNO5/c10-4-5-3-6(8(11)12)1-2-7(5)9(13)14/h1-4,11-12H. The molecule has 14 heavy (non-hydrogen) atoms. The molecule has 1 aromatic rings. The monoisotopic (exact) mass is 195 g/mol. The van der Waals surface area contributed by atoms with E-state index in [0.717, 1.165) is 12.1 Å². The van der Waals surface area contributed by atoms with Gasteiger partial charge in [-0.15, -0.1) is 0 Å². The third kappa shape index (κ3) is 1.95. The third-order valence-corrected chi connectivity index (χ3v) is 1.67. The lowest BCUT2D eigenvalue weighted by Crippen LogP contribution is -2.30. The Kier molecular flexibility index (Phi) is 2.95. The van der Waals surface area contributed by atoms with E-state index in [1.165, 1.54) is 6.07 Å². The van der Waals surface area contributed by atoms with Gasteiger partial charge >= 0.3 is 7.12 Å². The Hall–Kier alpha value is -1.73. The highest BCUT2D eigenvalue weighted by Gasteiger charge is 2.18. The fraction of sp³-hybridized carbons (Fsp3) is 0. The molecule has 0 radical (unpaired) electrons. The van der Waals surface area contributed by atoms with Crippen molar-refractivity contribution in [1.29, 1.82) is 0 Å². The SMILES string of the molecule is O=Cc1cc(B(O)O)ccc1[N+](=O)[O-]. The van der Waals surface area contributed by atoms with Crippen LogP contribution in [0.1, 0.15) is 10.4 Å². The normalized spacial score (nSPS) is 9.57. The summed E-state index contributed by atoms with van der Waals surface area (Å²) >= 11 is 0. The quantitative estimate of drug-likeness (QED) is 0.281. The Morgan fingerprint density at radius 2 is 2.07 bits per heavy atom. The summed E-state index contributed by atoms with van der Waals surface area (Å²) in [6, 6.07) is 3.30. The van der Waals surface area contributed by atoms with Crippen LogP contribution < -0.4 is 5.46 Å². The van der Waals surface area contributed by atoms with Crippen molar-refractivity contribution in [3.63, 3.8) is 0 Å². The molecule has 0 saturated carbocycles. The lowest BCUT2D eigenvalue weighted by atomic mass is 9.79. The summed E-state index contributed by atoms with van der Waals surface area (Å²) in [7, 11) is -1.74. The minimum absolute atomic E-state index is 0.0395. The van der Waals surface area contributed by atoms with Crippen molar-refractivity contribution in [2.24, 2.45) is 0 Å². The maximum Gasteiger partial charge on any atom is 0.488 e. The second kappa shape index (κ2) is 3.99. The second-order valence-corrected chi connectivity index (χ2v) is 2.57. The second-order valence-electron chi connectivity index (χ2n) is 2.57. The van der Waals surface area contributed by atoms with Crippen LogP contribution in [-0.4, -0.2) is 28.4 Å². The van der Waals surface area contributed by atoms with Crippen molar-refractivity contribution in [3.05, 3.63) is 33.9 Å². The fourth-order valence-corrected chi connectivity index (χ4v) is 0.994. The number of nitro benzene ring substituents is 1. The number of hydrogen-bond donors (Lipinski definition) is 2. The van der Waals surface area contributed by atoms with Crippen molar-refractivity contribution < 1.29 is 19.8 Å². The summed E-state index contributed by atoms with van der Waals surface area (Å²) in [5, 5.41) is 27.9. The van der Waals surface area contributed by atoms with E-state index in [9.17, 15) is 14.9 Å². The molecule has 2 N–H and O–H groups in total. The van der Waals surface area contributed by atoms with E-state index in [2.05, 4.69) is 0 Å². The van der Waals surface area contributed by atoms with Crippen LogP contribution in [0.3, 0.4) is 0 Å². The molecule has 0 saturated heterocycles. The number of aldehydes is 1. The van der Waals surface area contributed by atoms with E-state index in [-0.39, 0.29) is 16.7 Å². The first kappa shape index (κ1) is 10.4. The van der Waals surface area contributed by atoms with Crippen molar-refractivity contribution in [2.45, 2.75) is 0 Å². The number of hydrogen-bond acceptors (Lipinski definition) is 5. The zero-order valence-corrected chi connectivity index (χ0v) is 6.95. The number of carbonyl (C=O) groups excluding carboxylic acids is 1. The van der Waals surface area contributed by atoms with Gasteiger partial charge in [-0.2, -0.15) is 0 Å². The molecule has 0 aliphatic rings. The summed E-state index contributed by atoms with van der Waals surface area (Å²) in [4.78, 5) is 20.1. The van der Waals surface area contributed by atoms with Crippen molar-refractivity contribution >= 4 is 24.6 Å². The molecule has 0 unspecified atom stereocenters. The van der Waals surface area contributed by atoms with Gasteiger partial charge in [-0.25, -0.2) is 0 Å². The van der Waals surface area contributed by atoms with Crippen molar-refractivity contribution in [3.8, 4) is 0 Å². The maximum atomic E-state index is 10.4. The van der Waals surface area contributed by atoms with Crippen LogP contribution in [-0.2, 0) is 0 Å². The van der Waals surface area contributed by atoms with E-state index < -0.39 is 12.0 Å². The van der Waals surface area contributed by atoms with E-state index in [0.29, 0.717) is 6.29 Å². The average Bonchev–Trinajstić information content (AvgIpc) is 2.16. The molecular weight excluding hydrogens is 189 g/mol. The van der Waals surface area contributed by atoms with E-state index in [1.54, 1.807) is 0 Å². The van der Waals surface area contributed by atoms with Gasteiger partial charge in [0.1, 0.15) is 0 Å². The summed E-state index contributed by atoms with van der Waals surface area (Å²) in [5.41, 5.74) is -0.497. The number of nitro groups is 1. The number of nitrogens with zero attached hydrogens (tertiary/aromatic N) is 1. The third-order valence-electron chi connectivity index (χ3n) is 1.67. The minimum Gasteiger partial charge on any atom is -0.423 e. The Labute approximate surface area is 79.1 Å². The zero-order valence-electron chi connectivity index (χ0n) is 6.95. The lowest BCUT2D eigenvalue weighted by Gasteiger charge is -2.00. The molecule has 7 heteroatoms. The first-order chi connectivity index (χ1) is 6.56. The Morgan fingerprint density at radius 1 is 1.43 bits per heavy atom. The van der Waals surface area contributed by atoms with Gasteiger partial charge in [-0.05, 0) is 11.5 Å². The predicted molar refractivity (Wildman–Crippen MR) is 48.3 cm³/mol.